The van der Waals surface area contributed by atoms with Gasteiger partial charge in [-0.2, -0.15) is 11.8 Å². The summed E-state index contributed by atoms with van der Waals surface area (Å²) in [5, 5.41) is 3.36. The SMILES string of the molecule is COC(=O)[C@H](CCOC(C)C)N[C@H]1CCSC1. The van der Waals surface area contributed by atoms with Crippen molar-refractivity contribution >= 4 is 17.7 Å². The standard InChI is InChI=1S/C12H23NO3S/c1-9(2)16-6-4-11(12(14)15-3)13-10-5-7-17-8-10/h9-11,13H,4-8H2,1-3H3/t10-,11-/m0/s1. The first-order valence-corrected chi connectivity index (χ1v) is 7.32. The van der Waals surface area contributed by atoms with Gasteiger partial charge in [-0.15, -0.1) is 0 Å². The fourth-order valence-electron chi connectivity index (χ4n) is 1.78. The summed E-state index contributed by atoms with van der Waals surface area (Å²) in [5.41, 5.74) is 0. The molecular formula is C12H23NO3S. The predicted octanol–water partition coefficient (Wildman–Crippen LogP) is 1.44. The number of thioether (sulfide) groups is 1. The zero-order valence-electron chi connectivity index (χ0n) is 10.9. The molecule has 4 nitrogen and oxygen atoms in total. The van der Waals surface area contributed by atoms with Gasteiger partial charge in [0.2, 0.25) is 0 Å². The third-order valence-electron chi connectivity index (χ3n) is 2.71. The Bertz CT molecular complexity index is 230. The minimum Gasteiger partial charge on any atom is -0.468 e. The van der Waals surface area contributed by atoms with E-state index in [2.05, 4.69) is 5.32 Å². The van der Waals surface area contributed by atoms with Crippen LogP contribution in [0.1, 0.15) is 26.7 Å². The van der Waals surface area contributed by atoms with Crippen molar-refractivity contribution in [3.05, 3.63) is 0 Å². The Morgan fingerprint density at radius 3 is 2.82 bits per heavy atom. The highest BCUT2D eigenvalue weighted by atomic mass is 32.2. The average molecular weight is 261 g/mol. The molecule has 100 valence electrons. The molecule has 5 heteroatoms. The van der Waals surface area contributed by atoms with Crippen LogP contribution in [-0.2, 0) is 14.3 Å². The number of hydrogen-bond donors (Lipinski definition) is 1. The minimum atomic E-state index is -0.234. The summed E-state index contributed by atoms with van der Waals surface area (Å²) < 4.78 is 10.3. The topological polar surface area (TPSA) is 47.6 Å². The maximum Gasteiger partial charge on any atom is 0.322 e. The molecule has 0 spiro atoms. The molecule has 0 saturated carbocycles. The molecule has 1 N–H and O–H groups in total. The van der Waals surface area contributed by atoms with Gasteiger partial charge in [-0.05, 0) is 32.4 Å². The van der Waals surface area contributed by atoms with E-state index in [1.165, 1.54) is 12.9 Å². The molecular weight excluding hydrogens is 238 g/mol. The van der Waals surface area contributed by atoms with Crippen molar-refractivity contribution in [3.63, 3.8) is 0 Å². The Morgan fingerprint density at radius 1 is 1.53 bits per heavy atom. The summed E-state index contributed by atoms with van der Waals surface area (Å²) in [5.74, 6) is 2.07. The van der Waals surface area contributed by atoms with Crippen LogP contribution in [-0.4, -0.2) is 49.4 Å². The number of esters is 1. The minimum absolute atomic E-state index is 0.186. The zero-order chi connectivity index (χ0) is 12.7. The number of methoxy groups -OCH3 is 1. The molecule has 1 saturated heterocycles. The molecule has 1 rings (SSSR count). The quantitative estimate of drug-likeness (QED) is 0.703. The van der Waals surface area contributed by atoms with Gasteiger partial charge in [0.1, 0.15) is 6.04 Å². The van der Waals surface area contributed by atoms with Crippen LogP contribution in [0, 0.1) is 0 Å². The van der Waals surface area contributed by atoms with E-state index in [0.717, 1.165) is 12.2 Å². The van der Waals surface area contributed by atoms with E-state index < -0.39 is 0 Å². The van der Waals surface area contributed by atoms with Crippen molar-refractivity contribution in [2.75, 3.05) is 25.2 Å². The Morgan fingerprint density at radius 2 is 2.29 bits per heavy atom. The third kappa shape index (κ3) is 5.75. The fourth-order valence-corrected chi connectivity index (χ4v) is 2.95. The molecule has 2 atom stereocenters. The van der Waals surface area contributed by atoms with Gasteiger partial charge in [0, 0.05) is 18.4 Å². The Labute approximate surface area is 108 Å². The second-order valence-electron chi connectivity index (χ2n) is 4.51. The molecule has 0 amide bonds. The van der Waals surface area contributed by atoms with Crippen LogP contribution < -0.4 is 5.32 Å². The molecule has 17 heavy (non-hydrogen) atoms. The fraction of sp³-hybridized carbons (Fsp3) is 0.917. The lowest BCUT2D eigenvalue weighted by atomic mass is 10.1. The number of rotatable bonds is 7. The number of nitrogens with one attached hydrogen (secondary N) is 1. The van der Waals surface area contributed by atoms with Crippen molar-refractivity contribution < 1.29 is 14.3 Å². The molecule has 1 heterocycles. The van der Waals surface area contributed by atoms with Gasteiger partial charge < -0.3 is 14.8 Å². The molecule has 0 aromatic rings. The number of hydrogen-bond acceptors (Lipinski definition) is 5. The highest BCUT2D eigenvalue weighted by molar-refractivity contribution is 7.99. The van der Waals surface area contributed by atoms with Crippen LogP contribution in [0.3, 0.4) is 0 Å². The van der Waals surface area contributed by atoms with Crippen LogP contribution in [0.5, 0.6) is 0 Å². The zero-order valence-corrected chi connectivity index (χ0v) is 11.7. The van der Waals surface area contributed by atoms with E-state index in [1.54, 1.807) is 0 Å². The number of ether oxygens (including phenoxy) is 2. The Hall–Kier alpha value is -0.260. The summed E-state index contributed by atoms with van der Waals surface area (Å²) >= 11 is 1.93. The van der Waals surface area contributed by atoms with Crippen molar-refractivity contribution in [3.8, 4) is 0 Å². The van der Waals surface area contributed by atoms with Gasteiger partial charge in [0.05, 0.1) is 13.2 Å². The molecule has 0 aromatic heterocycles. The number of carbonyl (C=O) groups excluding carboxylic acids is 1. The normalized spacial score (nSPS) is 21.8. The predicted molar refractivity (Wildman–Crippen MR) is 70.4 cm³/mol. The monoisotopic (exact) mass is 261 g/mol. The summed E-state index contributed by atoms with van der Waals surface area (Å²) in [7, 11) is 1.43. The average Bonchev–Trinajstić information content (AvgIpc) is 2.79. The van der Waals surface area contributed by atoms with Crippen LogP contribution in [0.4, 0.5) is 0 Å². The van der Waals surface area contributed by atoms with E-state index in [4.69, 9.17) is 9.47 Å². The van der Waals surface area contributed by atoms with Crippen molar-refractivity contribution in [2.45, 2.75) is 44.9 Å². The molecule has 1 aliphatic rings. The molecule has 0 unspecified atom stereocenters. The first-order valence-electron chi connectivity index (χ1n) is 6.16. The van der Waals surface area contributed by atoms with E-state index >= 15 is 0 Å². The van der Waals surface area contributed by atoms with E-state index in [0.29, 0.717) is 19.1 Å². The van der Waals surface area contributed by atoms with Crippen molar-refractivity contribution in [1.82, 2.24) is 5.32 Å². The van der Waals surface area contributed by atoms with Crippen molar-refractivity contribution in [1.29, 1.82) is 0 Å². The lowest BCUT2D eigenvalue weighted by Crippen LogP contribution is -2.44. The van der Waals surface area contributed by atoms with Gasteiger partial charge in [0.15, 0.2) is 0 Å². The van der Waals surface area contributed by atoms with E-state index in [1.807, 2.05) is 25.6 Å². The highest BCUT2D eigenvalue weighted by Gasteiger charge is 2.24. The molecule has 1 aliphatic heterocycles. The second kappa shape index (κ2) is 7.95. The number of carbonyl (C=O) groups is 1. The van der Waals surface area contributed by atoms with Crippen LogP contribution in [0.25, 0.3) is 0 Å². The summed E-state index contributed by atoms with van der Waals surface area (Å²) in [6, 6.07) is 0.200. The van der Waals surface area contributed by atoms with Crippen LogP contribution in [0.2, 0.25) is 0 Å². The second-order valence-corrected chi connectivity index (χ2v) is 5.66. The maximum absolute atomic E-state index is 11.6. The first kappa shape index (κ1) is 14.8. The maximum atomic E-state index is 11.6. The third-order valence-corrected chi connectivity index (χ3v) is 3.87. The lowest BCUT2D eigenvalue weighted by molar-refractivity contribution is -0.144. The molecule has 0 aromatic carbocycles. The lowest BCUT2D eigenvalue weighted by Gasteiger charge is -2.20. The summed E-state index contributed by atoms with van der Waals surface area (Å²) in [6.45, 7) is 4.58. The van der Waals surface area contributed by atoms with Crippen LogP contribution >= 0.6 is 11.8 Å². The van der Waals surface area contributed by atoms with E-state index in [9.17, 15) is 4.79 Å². The van der Waals surface area contributed by atoms with Crippen molar-refractivity contribution in [2.24, 2.45) is 0 Å². The summed E-state index contributed by atoms with van der Waals surface area (Å²) in [4.78, 5) is 11.6. The Kier molecular flexibility index (Phi) is 6.92. The Balaban J connectivity index is 2.34. The van der Waals surface area contributed by atoms with Gasteiger partial charge >= 0.3 is 5.97 Å². The smallest absolute Gasteiger partial charge is 0.322 e. The van der Waals surface area contributed by atoms with Gasteiger partial charge in [-0.1, -0.05) is 0 Å². The van der Waals surface area contributed by atoms with Crippen LogP contribution in [0.15, 0.2) is 0 Å². The molecule has 0 bridgehead atoms. The highest BCUT2D eigenvalue weighted by Crippen LogP contribution is 2.18. The molecule has 1 fully saturated rings. The van der Waals surface area contributed by atoms with Gasteiger partial charge in [-0.3, -0.25) is 4.79 Å². The van der Waals surface area contributed by atoms with Gasteiger partial charge in [0.25, 0.3) is 0 Å². The van der Waals surface area contributed by atoms with Gasteiger partial charge in [-0.25, -0.2) is 0 Å². The molecule has 0 aliphatic carbocycles. The molecule has 0 radical (unpaired) electrons. The summed E-state index contributed by atoms with van der Waals surface area (Å²) in [6.07, 6.45) is 2.00. The first-order chi connectivity index (χ1) is 8.13. The van der Waals surface area contributed by atoms with E-state index in [-0.39, 0.29) is 18.1 Å². The largest absolute Gasteiger partial charge is 0.468 e.